The molecule has 0 aromatic heterocycles. The molecule has 1 atom stereocenters. The van der Waals surface area contributed by atoms with Crippen molar-refractivity contribution in [1.82, 2.24) is 0 Å². The molecule has 0 saturated carbocycles. The van der Waals surface area contributed by atoms with Crippen molar-refractivity contribution in [1.29, 1.82) is 0 Å². The van der Waals surface area contributed by atoms with Crippen LogP contribution in [0.2, 0.25) is 0 Å². The molecule has 0 aliphatic rings. The largest absolute Gasteiger partial charge is 0.488 e. The average Bonchev–Trinajstić information content (AvgIpc) is 2.32. The van der Waals surface area contributed by atoms with E-state index < -0.39 is 0 Å². The smallest absolute Gasteiger partial charge is 0.119 e. The highest BCUT2D eigenvalue weighted by atomic mass is 16.5. The van der Waals surface area contributed by atoms with Crippen LogP contribution in [-0.4, -0.2) is 19.3 Å². The van der Waals surface area contributed by atoms with Crippen molar-refractivity contribution in [3.8, 4) is 5.75 Å². The highest BCUT2D eigenvalue weighted by Gasteiger charge is 2.03. The molecule has 19 heavy (non-hydrogen) atoms. The van der Waals surface area contributed by atoms with Gasteiger partial charge in [-0.15, -0.1) is 0 Å². The van der Waals surface area contributed by atoms with Crippen LogP contribution < -0.4 is 4.74 Å². The van der Waals surface area contributed by atoms with E-state index in [0.29, 0.717) is 13.2 Å². The van der Waals surface area contributed by atoms with Crippen LogP contribution in [0.25, 0.3) is 0 Å². The lowest BCUT2D eigenvalue weighted by Crippen LogP contribution is -2.19. The molecule has 0 spiro atoms. The van der Waals surface area contributed by atoms with Crippen LogP contribution in [0.5, 0.6) is 5.75 Å². The minimum absolute atomic E-state index is 0. The predicted molar refractivity (Wildman–Crippen MR) is 84.9 cm³/mol. The summed E-state index contributed by atoms with van der Waals surface area (Å²) in [6, 6.07) is 8.03. The van der Waals surface area contributed by atoms with Crippen molar-refractivity contribution in [3.05, 3.63) is 54.6 Å². The normalized spacial score (nSPS) is 11.3. The number of benzene rings is 1. The molecular weight excluding hydrogens is 236 g/mol. The summed E-state index contributed by atoms with van der Waals surface area (Å²) < 4.78 is 11.1. The summed E-state index contributed by atoms with van der Waals surface area (Å²) in [7, 11) is 0. The molecule has 0 heterocycles. The second kappa shape index (κ2) is 11.5. The second-order valence-electron chi connectivity index (χ2n) is 3.94. The van der Waals surface area contributed by atoms with Crippen LogP contribution in [0.1, 0.15) is 27.3 Å². The average molecular weight is 264 g/mol. The molecule has 0 radical (unpaired) electrons. The Labute approximate surface area is 118 Å². The molecule has 0 saturated heterocycles. The van der Waals surface area contributed by atoms with E-state index in [0.717, 1.165) is 5.75 Å². The lowest BCUT2D eigenvalue weighted by molar-refractivity contribution is 0.0736. The molecule has 0 N–H and O–H groups in total. The van der Waals surface area contributed by atoms with E-state index >= 15 is 0 Å². The first-order valence-electron chi connectivity index (χ1n) is 5.81. The molecule has 0 fully saturated rings. The Balaban J connectivity index is 0. The van der Waals surface area contributed by atoms with Crippen molar-refractivity contribution in [2.24, 2.45) is 0 Å². The fraction of sp³-hybridized carbons (Fsp3) is 0.412. The molecule has 2 nitrogen and oxygen atoms in total. The highest BCUT2D eigenvalue weighted by Crippen LogP contribution is 2.13. The van der Waals surface area contributed by atoms with E-state index in [4.69, 9.17) is 9.47 Å². The number of rotatable bonds is 7. The molecule has 0 aliphatic carbocycles. The number of ether oxygens (including phenoxy) is 2. The van der Waals surface area contributed by atoms with Crippen molar-refractivity contribution in [2.75, 3.05) is 13.2 Å². The Bertz CT molecular complexity index is 352. The van der Waals surface area contributed by atoms with Crippen LogP contribution in [0.15, 0.2) is 49.1 Å². The van der Waals surface area contributed by atoms with E-state index in [1.54, 1.807) is 6.08 Å². The Morgan fingerprint density at radius 2 is 1.84 bits per heavy atom. The maximum absolute atomic E-state index is 5.71. The van der Waals surface area contributed by atoms with Gasteiger partial charge in [-0.3, -0.25) is 0 Å². The van der Waals surface area contributed by atoms with Gasteiger partial charge in [-0.1, -0.05) is 57.4 Å². The molecule has 1 unspecified atom stereocenters. The van der Waals surface area contributed by atoms with E-state index in [1.165, 1.54) is 5.56 Å². The Kier molecular flexibility index (Phi) is 12.0. The van der Waals surface area contributed by atoms with E-state index in [-0.39, 0.29) is 21.0 Å². The maximum atomic E-state index is 5.71. The summed E-state index contributed by atoms with van der Waals surface area (Å²) in [5.74, 6) is 0.883. The van der Waals surface area contributed by atoms with Gasteiger partial charge in [0.05, 0.1) is 13.2 Å². The summed E-state index contributed by atoms with van der Waals surface area (Å²) in [5, 5.41) is 0. The van der Waals surface area contributed by atoms with Crippen LogP contribution in [0.4, 0.5) is 0 Å². The standard InChI is InChI=1S/C15H20O2.2CH4/c1-4-5-6-11-16-12-14(3)17-15-9-7-13(2)8-10-15;;/h4-10,14H,1,11-12H2,2-3H3;2*1H4. The van der Waals surface area contributed by atoms with Crippen LogP contribution in [-0.2, 0) is 4.74 Å². The molecule has 0 amide bonds. The lowest BCUT2D eigenvalue weighted by Gasteiger charge is -2.14. The zero-order chi connectivity index (χ0) is 12.5. The number of allylic oxidation sites excluding steroid dienone is 2. The van der Waals surface area contributed by atoms with Crippen molar-refractivity contribution < 1.29 is 9.47 Å². The van der Waals surface area contributed by atoms with E-state index in [1.807, 2.05) is 43.3 Å². The monoisotopic (exact) mass is 264 g/mol. The molecule has 2 heteroatoms. The third-order valence-electron chi connectivity index (χ3n) is 2.20. The van der Waals surface area contributed by atoms with E-state index in [9.17, 15) is 0 Å². The van der Waals surface area contributed by atoms with Gasteiger partial charge in [0.25, 0.3) is 0 Å². The van der Waals surface area contributed by atoms with Gasteiger partial charge in [0.1, 0.15) is 11.9 Å². The maximum Gasteiger partial charge on any atom is 0.119 e. The highest BCUT2D eigenvalue weighted by molar-refractivity contribution is 5.26. The van der Waals surface area contributed by atoms with Crippen molar-refractivity contribution in [2.45, 2.75) is 34.8 Å². The molecular formula is C17H28O2. The van der Waals surface area contributed by atoms with Gasteiger partial charge in [-0.05, 0) is 26.0 Å². The fourth-order valence-electron chi connectivity index (χ4n) is 1.34. The molecule has 1 rings (SSSR count). The Morgan fingerprint density at radius 1 is 1.21 bits per heavy atom. The predicted octanol–water partition coefficient (Wildman–Crippen LogP) is 4.79. The van der Waals surface area contributed by atoms with Crippen LogP contribution in [0.3, 0.4) is 0 Å². The summed E-state index contributed by atoms with van der Waals surface area (Å²) >= 11 is 0. The SMILES string of the molecule is C.C.C=CC=CCOCC(C)Oc1ccc(C)cc1. The first-order chi connectivity index (χ1) is 8.22. The fourth-order valence-corrected chi connectivity index (χ4v) is 1.34. The second-order valence-corrected chi connectivity index (χ2v) is 3.94. The topological polar surface area (TPSA) is 18.5 Å². The summed E-state index contributed by atoms with van der Waals surface area (Å²) in [6.07, 6.45) is 5.57. The van der Waals surface area contributed by atoms with Gasteiger partial charge >= 0.3 is 0 Å². The van der Waals surface area contributed by atoms with Gasteiger partial charge < -0.3 is 9.47 Å². The third kappa shape index (κ3) is 9.09. The van der Waals surface area contributed by atoms with E-state index in [2.05, 4.69) is 13.5 Å². The van der Waals surface area contributed by atoms with Crippen molar-refractivity contribution >= 4 is 0 Å². The zero-order valence-electron chi connectivity index (χ0n) is 10.6. The molecule has 0 bridgehead atoms. The first-order valence-corrected chi connectivity index (χ1v) is 5.81. The quantitative estimate of drug-likeness (QED) is 0.520. The number of aryl methyl sites for hydroxylation is 1. The number of hydrogen-bond acceptors (Lipinski definition) is 2. The number of hydrogen-bond donors (Lipinski definition) is 0. The Hall–Kier alpha value is -1.54. The summed E-state index contributed by atoms with van der Waals surface area (Å²) in [6.45, 7) is 8.81. The molecule has 108 valence electrons. The van der Waals surface area contributed by atoms with Gasteiger partial charge in [0.2, 0.25) is 0 Å². The first kappa shape index (κ1) is 19.8. The van der Waals surface area contributed by atoms with Gasteiger partial charge in [-0.2, -0.15) is 0 Å². The minimum atomic E-state index is 0. The third-order valence-corrected chi connectivity index (χ3v) is 2.20. The summed E-state index contributed by atoms with van der Waals surface area (Å²) in [4.78, 5) is 0. The van der Waals surface area contributed by atoms with Gasteiger partial charge in [0.15, 0.2) is 0 Å². The van der Waals surface area contributed by atoms with Crippen LogP contribution >= 0.6 is 0 Å². The Morgan fingerprint density at radius 3 is 2.42 bits per heavy atom. The molecule has 0 aliphatic heterocycles. The minimum Gasteiger partial charge on any atom is -0.488 e. The van der Waals surface area contributed by atoms with Gasteiger partial charge in [-0.25, -0.2) is 0 Å². The zero-order valence-corrected chi connectivity index (χ0v) is 10.6. The van der Waals surface area contributed by atoms with Gasteiger partial charge in [0, 0.05) is 0 Å². The lowest BCUT2D eigenvalue weighted by atomic mass is 10.2. The molecule has 1 aromatic rings. The summed E-state index contributed by atoms with van der Waals surface area (Å²) in [5.41, 5.74) is 1.23. The van der Waals surface area contributed by atoms with Crippen molar-refractivity contribution in [3.63, 3.8) is 0 Å². The van der Waals surface area contributed by atoms with Crippen LogP contribution in [0, 0.1) is 6.92 Å². The molecule has 1 aromatic carbocycles.